The third-order valence-corrected chi connectivity index (χ3v) is 3.50. The summed E-state index contributed by atoms with van der Waals surface area (Å²) in [5.74, 6) is -6.88. The molecule has 0 radical (unpaired) electrons. The van der Waals surface area contributed by atoms with Gasteiger partial charge in [0.1, 0.15) is 12.3 Å². The molecule has 0 heterocycles. The molecule has 0 unspecified atom stereocenters. The SMILES string of the molecule is CCOc1ccccc1C(=O)NCC(=O)OCC(=O)Nc1ccc(F)c(F)c1F. The maximum atomic E-state index is 13.5. The minimum Gasteiger partial charge on any atom is -0.493 e. The van der Waals surface area contributed by atoms with E-state index in [-0.39, 0.29) is 5.56 Å². The van der Waals surface area contributed by atoms with E-state index in [4.69, 9.17) is 4.74 Å². The number of anilines is 1. The molecular formula is C19H17F3N2O5. The van der Waals surface area contributed by atoms with E-state index < -0.39 is 54.1 Å². The Morgan fingerprint density at radius 1 is 1.00 bits per heavy atom. The van der Waals surface area contributed by atoms with Crippen molar-refractivity contribution >= 4 is 23.5 Å². The van der Waals surface area contributed by atoms with E-state index in [2.05, 4.69) is 10.1 Å². The van der Waals surface area contributed by atoms with Gasteiger partial charge in [-0.25, -0.2) is 13.2 Å². The van der Waals surface area contributed by atoms with Gasteiger partial charge in [0.05, 0.1) is 17.9 Å². The number of hydrogen-bond donors (Lipinski definition) is 2. The van der Waals surface area contributed by atoms with Crippen molar-refractivity contribution in [2.45, 2.75) is 6.92 Å². The number of rotatable bonds is 8. The zero-order chi connectivity index (χ0) is 21.4. The Balaban J connectivity index is 1.82. The van der Waals surface area contributed by atoms with Crippen LogP contribution >= 0.6 is 0 Å². The molecule has 0 bridgehead atoms. The monoisotopic (exact) mass is 410 g/mol. The molecule has 29 heavy (non-hydrogen) atoms. The number of ether oxygens (including phenoxy) is 2. The van der Waals surface area contributed by atoms with Crippen molar-refractivity contribution in [3.63, 3.8) is 0 Å². The highest BCUT2D eigenvalue weighted by molar-refractivity contribution is 5.98. The first kappa shape index (κ1) is 21.7. The second kappa shape index (κ2) is 10.1. The smallest absolute Gasteiger partial charge is 0.325 e. The van der Waals surface area contributed by atoms with E-state index in [1.165, 1.54) is 6.07 Å². The Labute approximate surface area is 163 Å². The molecule has 154 valence electrons. The Bertz CT molecular complexity index is 921. The number of halogens is 3. The normalized spacial score (nSPS) is 10.2. The molecule has 0 aromatic heterocycles. The number of benzene rings is 2. The molecule has 0 aliphatic rings. The summed E-state index contributed by atoms with van der Waals surface area (Å²) in [5, 5.41) is 4.26. The molecule has 0 atom stereocenters. The summed E-state index contributed by atoms with van der Waals surface area (Å²) < 4.78 is 49.4. The third-order valence-electron chi connectivity index (χ3n) is 3.50. The van der Waals surface area contributed by atoms with Gasteiger partial charge in [0.2, 0.25) is 0 Å². The molecule has 10 heteroatoms. The summed E-state index contributed by atoms with van der Waals surface area (Å²) in [6, 6.07) is 7.87. The van der Waals surface area contributed by atoms with Crippen molar-refractivity contribution in [1.29, 1.82) is 0 Å². The number of para-hydroxylation sites is 1. The standard InChI is InChI=1S/C19H17F3N2O5/c1-2-28-14-6-4-3-5-11(14)19(27)23-9-16(26)29-10-15(25)24-13-8-7-12(20)17(21)18(13)22/h3-8H,2,9-10H2,1H3,(H,23,27)(H,24,25). The highest BCUT2D eigenvalue weighted by Crippen LogP contribution is 2.19. The van der Waals surface area contributed by atoms with Gasteiger partial charge in [-0.2, -0.15) is 0 Å². The van der Waals surface area contributed by atoms with Crippen LogP contribution in [0.1, 0.15) is 17.3 Å². The first-order valence-electron chi connectivity index (χ1n) is 8.42. The number of amides is 2. The molecule has 2 amide bonds. The quantitative estimate of drug-likeness (QED) is 0.515. The Kier molecular flexibility index (Phi) is 7.58. The van der Waals surface area contributed by atoms with Crippen molar-refractivity contribution in [3.05, 3.63) is 59.4 Å². The maximum Gasteiger partial charge on any atom is 0.325 e. The van der Waals surface area contributed by atoms with Crippen LogP contribution in [0.2, 0.25) is 0 Å². The minimum absolute atomic E-state index is 0.216. The van der Waals surface area contributed by atoms with Crippen molar-refractivity contribution < 1.29 is 37.0 Å². The number of nitrogens with one attached hydrogen (secondary N) is 2. The van der Waals surface area contributed by atoms with E-state index in [1.54, 1.807) is 25.1 Å². The predicted molar refractivity (Wildman–Crippen MR) is 95.8 cm³/mol. The molecule has 2 rings (SSSR count). The van der Waals surface area contributed by atoms with Crippen LogP contribution in [0.4, 0.5) is 18.9 Å². The van der Waals surface area contributed by atoms with Crippen LogP contribution in [0.3, 0.4) is 0 Å². The summed E-state index contributed by atoms with van der Waals surface area (Å²) in [6.45, 7) is 0.748. The van der Waals surface area contributed by atoms with Crippen LogP contribution in [0, 0.1) is 17.5 Å². The van der Waals surface area contributed by atoms with Crippen molar-refractivity contribution in [3.8, 4) is 5.75 Å². The summed E-state index contributed by atoms with van der Waals surface area (Å²) in [5.41, 5.74) is -0.389. The average Bonchev–Trinajstić information content (AvgIpc) is 2.71. The van der Waals surface area contributed by atoms with Crippen LogP contribution in [0.25, 0.3) is 0 Å². The fourth-order valence-electron chi connectivity index (χ4n) is 2.19. The van der Waals surface area contributed by atoms with Crippen LogP contribution in [-0.4, -0.2) is 37.5 Å². The van der Waals surface area contributed by atoms with Gasteiger partial charge in [-0.05, 0) is 31.2 Å². The van der Waals surface area contributed by atoms with Crippen LogP contribution in [0.5, 0.6) is 5.75 Å². The molecule has 0 aliphatic carbocycles. The van der Waals surface area contributed by atoms with E-state index in [0.29, 0.717) is 18.4 Å². The molecule has 2 aromatic carbocycles. The van der Waals surface area contributed by atoms with Gasteiger partial charge in [0, 0.05) is 0 Å². The van der Waals surface area contributed by atoms with Gasteiger partial charge in [0.15, 0.2) is 24.1 Å². The zero-order valence-electron chi connectivity index (χ0n) is 15.3. The fraction of sp³-hybridized carbons (Fsp3) is 0.211. The molecule has 0 aliphatic heterocycles. The lowest BCUT2D eigenvalue weighted by Gasteiger charge is -2.10. The molecule has 7 nitrogen and oxygen atoms in total. The number of carbonyl (C=O) groups is 3. The lowest BCUT2D eigenvalue weighted by Crippen LogP contribution is -2.32. The van der Waals surface area contributed by atoms with E-state index in [0.717, 1.165) is 6.07 Å². The number of esters is 1. The highest BCUT2D eigenvalue weighted by Gasteiger charge is 2.17. The molecule has 0 saturated carbocycles. The van der Waals surface area contributed by atoms with Crippen LogP contribution < -0.4 is 15.4 Å². The molecule has 0 spiro atoms. The lowest BCUT2D eigenvalue weighted by atomic mass is 10.2. The molecule has 2 aromatic rings. The van der Waals surface area contributed by atoms with Gasteiger partial charge in [-0.1, -0.05) is 12.1 Å². The van der Waals surface area contributed by atoms with Gasteiger partial charge < -0.3 is 20.1 Å². The second-order valence-corrected chi connectivity index (χ2v) is 5.54. The number of hydrogen-bond acceptors (Lipinski definition) is 5. The highest BCUT2D eigenvalue weighted by atomic mass is 19.2. The largest absolute Gasteiger partial charge is 0.493 e. The Hall–Kier alpha value is -3.56. The van der Waals surface area contributed by atoms with Crippen LogP contribution in [-0.2, 0) is 14.3 Å². The fourth-order valence-corrected chi connectivity index (χ4v) is 2.19. The first-order chi connectivity index (χ1) is 13.8. The Morgan fingerprint density at radius 2 is 1.72 bits per heavy atom. The molecule has 0 fully saturated rings. The van der Waals surface area contributed by atoms with Gasteiger partial charge in [-0.3, -0.25) is 14.4 Å². The molecule has 2 N–H and O–H groups in total. The Morgan fingerprint density at radius 3 is 2.45 bits per heavy atom. The second-order valence-electron chi connectivity index (χ2n) is 5.54. The maximum absolute atomic E-state index is 13.5. The first-order valence-corrected chi connectivity index (χ1v) is 8.42. The van der Waals surface area contributed by atoms with Crippen LogP contribution in [0.15, 0.2) is 36.4 Å². The van der Waals surface area contributed by atoms with E-state index >= 15 is 0 Å². The summed E-state index contributed by atoms with van der Waals surface area (Å²) >= 11 is 0. The topological polar surface area (TPSA) is 93.7 Å². The third kappa shape index (κ3) is 5.96. The van der Waals surface area contributed by atoms with Gasteiger partial charge in [0.25, 0.3) is 11.8 Å². The average molecular weight is 410 g/mol. The summed E-state index contributed by atoms with van der Waals surface area (Å²) in [4.78, 5) is 35.5. The lowest BCUT2D eigenvalue weighted by molar-refractivity contribution is -0.146. The van der Waals surface area contributed by atoms with Crippen molar-refractivity contribution in [2.75, 3.05) is 25.1 Å². The van der Waals surface area contributed by atoms with Crippen molar-refractivity contribution in [1.82, 2.24) is 5.32 Å². The zero-order valence-corrected chi connectivity index (χ0v) is 15.3. The number of carbonyl (C=O) groups excluding carboxylic acids is 3. The van der Waals surface area contributed by atoms with Crippen molar-refractivity contribution in [2.24, 2.45) is 0 Å². The van der Waals surface area contributed by atoms with Gasteiger partial charge >= 0.3 is 5.97 Å². The molecule has 0 saturated heterocycles. The molecular weight excluding hydrogens is 393 g/mol. The predicted octanol–water partition coefficient (Wildman–Crippen LogP) is 2.41. The van der Waals surface area contributed by atoms with Gasteiger partial charge in [-0.15, -0.1) is 0 Å². The van der Waals surface area contributed by atoms with E-state index in [9.17, 15) is 27.6 Å². The summed E-state index contributed by atoms with van der Waals surface area (Å²) in [6.07, 6.45) is 0. The van der Waals surface area contributed by atoms with E-state index in [1.807, 2.05) is 5.32 Å². The summed E-state index contributed by atoms with van der Waals surface area (Å²) in [7, 11) is 0. The minimum atomic E-state index is -1.74.